The molecule has 0 spiro atoms. The van der Waals surface area contributed by atoms with E-state index in [1.807, 2.05) is 31.2 Å². The fraction of sp³-hybridized carbons (Fsp3) is 0.387. The van der Waals surface area contributed by atoms with Gasteiger partial charge in [-0.25, -0.2) is 4.79 Å². The number of amides is 3. The molecule has 4 rings (SSSR count). The number of nitrogens with zero attached hydrogens (tertiary/aromatic N) is 4. The zero-order chi connectivity index (χ0) is 35.1. The summed E-state index contributed by atoms with van der Waals surface area (Å²) in [5.74, 6) is -3.12. The van der Waals surface area contributed by atoms with Crippen LogP contribution in [0, 0.1) is 6.92 Å². The first kappa shape index (κ1) is 35.4. The molecule has 14 nitrogen and oxygen atoms in total. The Kier molecular flexibility index (Phi) is 11.0. The van der Waals surface area contributed by atoms with Crippen LogP contribution in [0.15, 0.2) is 48.5 Å². The van der Waals surface area contributed by atoms with Crippen LogP contribution in [0.25, 0.3) is 0 Å². The summed E-state index contributed by atoms with van der Waals surface area (Å²) in [5, 5.41) is 11.0. The molecule has 4 N–H and O–H groups in total. The molecule has 2 aromatic carbocycles. The highest BCUT2D eigenvalue weighted by molar-refractivity contribution is 6.34. The minimum absolute atomic E-state index is 0.00914. The Hall–Kier alpha value is -5.48. The number of nitrogens with one attached hydrogen (secondary N) is 4. The molecule has 0 unspecified atom stereocenters. The second-order valence-electron chi connectivity index (χ2n) is 11.2. The number of aryl methyl sites for hydroxylation is 1. The lowest BCUT2D eigenvalue weighted by Gasteiger charge is -2.19. The molecule has 1 heterocycles. The standard InChI is InChI=1S/C31H35F3N8O6/c1-18-5-9-20(10-6-18)30(14-15-30)41-28-38-27(39-29(40-28)48-17-31(32,33)34)36-21-11-7-19(8-12-21)23(43)37-22(26(46)47-4)13-16-35-24(44)25(45)42(2)3/h5-12,22H,13-17H2,1-4H3,(H,35,44)(H,37,43)(H2,36,38,39,40,41)/t22-/m0/s1. The number of halogens is 3. The zero-order valence-electron chi connectivity index (χ0n) is 26.6. The van der Waals surface area contributed by atoms with Gasteiger partial charge in [-0.1, -0.05) is 29.8 Å². The maximum atomic E-state index is 12.9. The number of hydrogen-bond donors (Lipinski definition) is 4. The van der Waals surface area contributed by atoms with Crippen molar-refractivity contribution in [3.8, 4) is 6.01 Å². The van der Waals surface area contributed by atoms with E-state index in [2.05, 4.69) is 36.2 Å². The maximum Gasteiger partial charge on any atom is 0.422 e. The zero-order valence-corrected chi connectivity index (χ0v) is 26.6. The highest BCUT2D eigenvalue weighted by Gasteiger charge is 2.45. The SMILES string of the molecule is COC(=O)[C@H](CCNC(=O)C(=O)N(C)C)NC(=O)c1ccc(Nc2nc(NC3(c4ccc(C)cc4)CC3)nc(OCC(F)(F)F)n2)cc1. The Morgan fingerprint density at radius 3 is 2.19 bits per heavy atom. The van der Waals surface area contributed by atoms with Crippen LogP contribution in [0.5, 0.6) is 6.01 Å². The topological polar surface area (TPSA) is 177 Å². The largest absolute Gasteiger partial charge is 0.467 e. The van der Waals surface area contributed by atoms with E-state index in [4.69, 9.17) is 9.47 Å². The second-order valence-corrected chi connectivity index (χ2v) is 11.2. The fourth-order valence-electron chi connectivity index (χ4n) is 4.45. The van der Waals surface area contributed by atoms with Crippen LogP contribution in [0.4, 0.5) is 30.8 Å². The van der Waals surface area contributed by atoms with Crippen molar-refractivity contribution < 1.29 is 41.8 Å². The van der Waals surface area contributed by atoms with E-state index in [9.17, 15) is 32.3 Å². The molecular formula is C31H35F3N8O6. The highest BCUT2D eigenvalue weighted by Crippen LogP contribution is 2.48. The number of rotatable bonds is 13. The lowest BCUT2D eigenvalue weighted by Crippen LogP contribution is -2.45. The third-order valence-electron chi connectivity index (χ3n) is 7.20. The summed E-state index contributed by atoms with van der Waals surface area (Å²) >= 11 is 0. The number of alkyl halides is 3. The Morgan fingerprint density at radius 2 is 1.60 bits per heavy atom. The number of carbonyl (C=O) groups is 4. The van der Waals surface area contributed by atoms with E-state index >= 15 is 0 Å². The van der Waals surface area contributed by atoms with Crippen molar-refractivity contribution in [2.45, 2.75) is 43.9 Å². The van der Waals surface area contributed by atoms with Crippen LogP contribution in [-0.4, -0.2) is 90.1 Å². The molecule has 1 aliphatic carbocycles. The van der Waals surface area contributed by atoms with Crippen LogP contribution in [0.2, 0.25) is 0 Å². The van der Waals surface area contributed by atoms with Gasteiger partial charge < -0.3 is 35.6 Å². The number of likely N-dealkylation sites (N-methyl/N-ethyl adjacent to an activating group) is 1. The summed E-state index contributed by atoms with van der Waals surface area (Å²) in [5.41, 5.74) is 2.11. The van der Waals surface area contributed by atoms with Crippen molar-refractivity contribution in [1.29, 1.82) is 0 Å². The Balaban J connectivity index is 1.45. The van der Waals surface area contributed by atoms with Crippen LogP contribution in [0.3, 0.4) is 0 Å². The number of methoxy groups -OCH3 is 1. The fourth-order valence-corrected chi connectivity index (χ4v) is 4.45. The van der Waals surface area contributed by atoms with E-state index < -0.39 is 54.1 Å². The molecule has 0 bridgehead atoms. The van der Waals surface area contributed by atoms with Gasteiger partial charge in [-0.3, -0.25) is 14.4 Å². The first-order valence-electron chi connectivity index (χ1n) is 14.7. The van der Waals surface area contributed by atoms with Gasteiger partial charge in [0.25, 0.3) is 5.91 Å². The van der Waals surface area contributed by atoms with Gasteiger partial charge >= 0.3 is 30.0 Å². The van der Waals surface area contributed by atoms with Crippen LogP contribution in [-0.2, 0) is 24.7 Å². The van der Waals surface area contributed by atoms with Crippen LogP contribution in [0.1, 0.15) is 40.7 Å². The molecule has 0 saturated heterocycles. The predicted molar refractivity (Wildman–Crippen MR) is 166 cm³/mol. The summed E-state index contributed by atoms with van der Waals surface area (Å²) < 4.78 is 48.3. The minimum atomic E-state index is -4.62. The van der Waals surface area contributed by atoms with Gasteiger partial charge in [-0.2, -0.15) is 28.1 Å². The van der Waals surface area contributed by atoms with E-state index in [1.165, 1.54) is 38.4 Å². The van der Waals surface area contributed by atoms with E-state index in [1.54, 1.807) is 0 Å². The van der Waals surface area contributed by atoms with Crippen molar-refractivity contribution in [2.75, 3.05) is 45.0 Å². The molecule has 1 saturated carbocycles. The molecule has 0 radical (unpaired) electrons. The normalized spacial score (nSPS) is 13.8. The third-order valence-corrected chi connectivity index (χ3v) is 7.20. The van der Waals surface area contributed by atoms with Crippen LogP contribution >= 0.6 is 0 Å². The Labute approximate surface area is 273 Å². The van der Waals surface area contributed by atoms with Gasteiger partial charge in [0, 0.05) is 31.9 Å². The monoisotopic (exact) mass is 672 g/mol. The summed E-state index contributed by atoms with van der Waals surface area (Å²) in [6.07, 6.45) is -3.15. The molecule has 3 aromatic rings. The average Bonchev–Trinajstić information content (AvgIpc) is 3.82. The van der Waals surface area contributed by atoms with Gasteiger partial charge in [-0.05, 0) is 56.0 Å². The Morgan fingerprint density at radius 1 is 0.958 bits per heavy atom. The quantitative estimate of drug-likeness (QED) is 0.155. The van der Waals surface area contributed by atoms with E-state index in [0.717, 1.165) is 36.0 Å². The van der Waals surface area contributed by atoms with E-state index in [0.29, 0.717) is 5.69 Å². The first-order valence-corrected chi connectivity index (χ1v) is 14.7. The van der Waals surface area contributed by atoms with Gasteiger partial charge in [0.2, 0.25) is 11.9 Å². The molecule has 1 aliphatic rings. The molecule has 1 aromatic heterocycles. The number of carbonyl (C=O) groups excluding carboxylic acids is 4. The maximum absolute atomic E-state index is 12.9. The number of ether oxygens (including phenoxy) is 2. The average molecular weight is 673 g/mol. The van der Waals surface area contributed by atoms with Gasteiger partial charge in [0.15, 0.2) is 6.61 Å². The molecule has 48 heavy (non-hydrogen) atoms. The van der Waals surface area contributed by atoms with Crippen molar-refractivity contribution in [3.05, 3.63) is 65.2 Å². The molecule has 17 heteroatoms. The van der Waals surface area contributed by atoms with Gasteiger partial charge in [-0.15, -0.1) is 0 Å². The van der Waals surface area contributed by atoms with Crippen molar-refractivity contribution in [3.63, 3.8) is 0 Å². The van der Waals surface area contributed by atoms with Crippen molar-refractivity contribution in [1.82, 2.24) is 30.5 Å². The number of aromatic nitrogens is 3. The molecule has 3 amide bonds. The molecule has 256 valence electrons. The summed E-state index contributed by atoms with van der Waals surface area (Å²) in [4.78, 5) is 62.2. The lowest BCUT2D eigenvalue weighted by molar-refractivity contribution is -0.154. The molecule has 0 aliphatic heterocycles. The van der Waals surface area contributed by atoms with Gasteiger partial charge in [0.05, 0.1) is 12.6 Å². The number of benzene rings is 2. The molecule has 1 fully saturated rings. The van der Waals surface area contributed by atoms with Crippen molar-refractivity contribution in [2.24, 2.45) is 0 Å². The third kappa shape index (κ3) is 9.76. The number of hydrogen-bond acceptors (Lipinski definition) is 11. The van der Waals surface area contributed by atoms with Crippen molar-refractivity contribution >= 4 is 41.3 Å². The smallest absolute Gasteiger partial charge is 0.422 e. The number of anilines is 3. The second kappa shape index (κ2) is 15.0. The summed E-state index contributed by atoms with van der Waals surface area (Å²) in [6, 6.07) is 12.0. The van der Waals surface area contributed by atoms with Gasteiger partial charge in [0.1, 0.15) is 6.04 Å². The molecule has 1 atom stereocenters. The Bertz CT molecular complexity index is 1630. The summed E-state index contributed by atoms with van der Waals surface area (Å²) in [7, 11) is 3.98. The molecular weight excluding hydrogens is 637 g/mol. The number of esters is 1. The summed E-state index contributed by atoms with van der Waals surface area (Å²) in [6.45, 7) is 0.270. The van der Waals surface area contributed by atoms with Crippen LogP contribution < -0.4 is 26.0 Å². The first-order chi connectivity index (χ1) is 22.7. The van der Waals surface area contributed by atoms with E-state index in [-0.39, 0.29) is 30.4 Å². The predicted octanol–water partition coefficient (Wildman–Crippen LogP) is 2.83. The highest BCUT2D eigenvalue weighted by atomic mass is 19.4. The lowest BCUT2D eigenvalue weighted by atomic mass is 10.0. The minimum Gasteiger partial charge on any atom is -0.467 e.